The molecule has 9 nitrogen and oxygen atoms in total. The van der Waals surface area contributed by atoms with Crippen molar-refractivity contribution in [2.24, 2.45) is 5.92 Å². The summed E-state index contributed by atoms with van der Waals surface area (Å²) in [5.74, 6) is -3.16. The van der Waals surface area contributed by atoms with Crippen LogP contribution in [0.3, 0.4) is 0 Å². The number of alkyl carbamates (subject to hydrolysis) is 1. The molecule has 1 saturated carbocycles. The average molecular weight is 601 g/mol. The van der Waals surface area contributed by atoms with E-state index in [1.54, 1.807) is 24.3 Å². The van der Waals surface area contributed by atoms with Crippen LogP contribution in [0.4, 0.5) is 31.5 Å². The topological polar surface area (TPSA) is 101 Å². The molecule has 0 radical (unpaired) electrons. The Kier molecular flexibility index (Phi) is 7.95. The standard InChI is InChI=1S/C26H26ClF5N6O3/c27-22-17(11-37-13-19(26(30,31)32)34-23(37)39)10-20-33-18(12-38(20)36-22)21(16-6-8-25(28,29)9-7-16)35-24(40)41-14-15-4-2-1-3-5-15/h1-5,10,12,16,19,21H,6-9,11,13-14H2,(H,34,39)(H,35,40)/t19-,21-/m0/s1. The van der Waals surface area contributed by atoms with E-state index in [-0.39, 0.29) is 61.1 Å². The number of hydrogen-bond donors (Lipinski definition) is 2. The van der Waals surface area contributed by atoms with Crippen molar-refractivity contribution in [3.05, 3.63) is 64.6 Å². The van der Waals surface area contributed by atoms with E-state index >= 15 is 0 Å². The highest BCUT2D eigenvalue weighted by atomic mass is 35.5. The summed E-state index contributed by atoms with van der Waals surface area (Å²) in [4.78, 5) is 30.3. The van der Waals surface area contributed by atoms with Gasteiger partial charge in [-0.25, -0.2) is 27.9 Å². The van der Waals surface area contributed by atoms with E-state index in [0.29, 0.717) is 5.69 Å². The van der Waals surface area contributed by atoms with E-state index in [1.165, 1.54) is 16.8 Å². The lowest BCUT2D eigenvalue weighted by atomic mass is 9.81. The second-order valence-electron chi connectivity index (χ2n) is 10.2. The summed E-state index contributed by atoms with van der Waals surface area (Å²) in [5.41, 5.74) is 1.60. The lowest BCUT2D eigenvalue weighted by molar-refractivity contribution is -0.149. The van der Waals surface area contributed by atoms with Gasteiger partial charge in [0.25, 0.3) is 0 Å². The molecule has 2 aliphatic rings. The summed E-state index contributed by atoms with van der Waals surface area (Å²) in [6.45, 7) is -0.825. The smallest absolute Gasteiger partial charge is 0.410 e. The van der Waals surface area contributed by atoms with Crippen molar-refractivity contribution in [2.75, 3.05) is 6.54 Å². The Hall–Kier alpha value is -3.68. The van der Waals surface area contributed by atoms with Crippen LogP contribution in [0.2, 0.25) is 5.15 Å². The summed E-state index contributed by atoms with van der Waals surface area (Å²) >= 11 is 6.29. The first-order valence-corrected chi connectivity index (χ1v) is 13.3. The van der Waals surface area contributed by atoms with E-state index in [0.717, 1.165) is 10.5 Å². The summed E-state index contributed by atoms with van der Waals surface area (Å²) in [6, 6.07) is 6.82. The summed E-state index contributed by atoms with van der Waals surface area (Å²) in [7, 11) is 0. The first-order valence-electron chi connectivity index (χ1n) is 12.9. The predicted octanol–water partition coefficient (Wildman–Crippen LogP) is 5.63. The number of carbonyl (C=O) groups excluding carboxylic acids is 2. The van der Waals surface area contributed by atoms with Crippen LogP contribution < -0.4 is 10.6 Å². The first kappa shape index (κ1) is 28.8. The highest BCUT2D eigenvalue weighted by Crippen LogP contribution is 2.41. The van der Waals surface area contributed by atoms with Gasteiger partial charge < -0.3 is 20.3 Å². The van der Waals surface area contributed by atoms with Gasteiger partial charge in [-0.3, -0.25) is 0 Å². The minimum atomic E-state index is -4.60. The molecule has 1 aromatic carbocycles. The summed E-state index contributed by atoms with van der Waals surface area (Å²) in [5, 5.41) is 8.81. The number of aromatic nitrogens is 3. The van der Waals surface area contributed by atoms with Gasteiger partial charge in [0, 0.05) is 18.4 Å². The molecule has 0 spiro atoms. The van der Waals surface area contributed by atoms with Crippen LogP contribution in [-0.2, 0) is 17.9 Å². The fourth-order valence-electron chi connectivity index (χ4n) is 5.05. The van der Waals surface area contributed by atoms with Gasteiger partial charge in [-0.05, 0) is 30.4 Å². The molecule has 0 unspecified atom stereocenters. The molecule has 0 bridgehead atoms. The lowest BCUT2D eigenvalue weighted by Crippen LogP contribution is -2.40. The molecule has 2 aromatic heterocycles. The molecule has 1 aliphatic carbocycles. The number of fused-ring (bicyclic) bond motifs is 1. The number of rotatable bonds is 7. The second kappa shape index (κ2) is 11.3. The number of benzene rings is 1. The molecule has 5 rings (SSSR count). The molecule has 3 heterocycles. The van der Waals surface area contributed by atoms with Gasteiger partial charge in [-0.15, -0.1) is 0 Å². The van der Waals surface area contributed by atoms with Crippen molar-refractivity contribution in [2.45, 2.75) is 63.0 Å². The van der Waals surface area contributed by atoms with Crippen LogP contribution >= 0.6 is 11.6 Å². The lowest BCUT2D eigenvalue weighted by Gasteiger charge is -2.33. The number of nitrogens with one attached hydrogen (secondary N) is 2. The number of amides is 3. The molecule has 3 aromatic rings. The number of hydrogen-bond acceptors (Lipinski definition) is 5. The Labute approximate surface area is 236 Å². The third-order valence-electron chi connectivity index (χ3n) is 7.28. The maximum atomic E-state index is 13.9. The largest absolute Gasteiger partial charge is 0.445 e. The van der Waals surface area contributed by atoms with Crippen LogP contribution in [0.15, 0.2) is 42.6 Å². The van der Waals surface area contributed by atoms with Crippen molar-refractivity contribution in [1.29, 1.82) is 0 Å². The normalized spacial score (nSPS) is 20.2. The molecule has 3 amide bonds. The van der Waals surface area contributed by atoms with Crippen LogP contribution in [0.5, 0.6) is 0 Å². The monoisotopic (exact) mass is 600 g/mol. The molecular weight excluding hydrogens is 575 g/mol. The Morgan fingerprint density at radius 1 is 1.22 bits per heavy atom. The van der Waals surface area contributed by atoms with E-state index < -0.39 is 42.9 Å². The third-order valence-corrected chi connectivity index (χ3v) is 7.60. The van der Waals surface area contributed by atoms with E-state index in [4.69, 9.17) is 16.3 Å². The van der Waals surface area contributed by atoms with Gasteiger partial charge in [0.2, 0.25) is 5.92 Å². The van der Waals surface area contributed by atoms with Gasteiger partial charge in [0.15, 0.2) is 10.8 Å². The zero-order valence-corrected chi connectivity index (χ0v) is 22.3. The highest BCUT2D eigenvalue weighted by Gasteiger charge is 2.47. The minimum absolute atomic E-state index is 0.00704. The van der Waals surface area contributed by atoms with E-state index in [2.05, 4.69) is 15.4 Å². The van der Waals surface area contributed by atoms with Crippen molar-refractivity contribution < 1.29 is 36.3 Å². The third kappa shape index (κ3) is 6.80. The molecule has 220 valence electrons. The van der Waals surface area contributed by atoms with E-state index in [9.17, 15) is 31.5 Å². The quantitative estimate of drug-likeness (QED) is 0.342. The van der Waals surface area contributed by atoms with E-state index in [1.807, 2.05) is 11.4 Å². The first-order chi connectivity index (χ1) is 19.4. The summed E-state index contributed by atoms with van der Waals surface area (Å²) < 4.78 is 73.7. The fraction of sp³-hybridized carbons (Fsp3) is 0.462. The van der Waals surface area contributed by atoms with Gasteiger partial charge >= 0.3 is 18.3 Å². The number of halogens is 6. The van der Waals surface area contributed by atoms with Gasteiger partial charge in [-0.2, -0.15) is 18.3 Å². The molecule has 1 saturated heterocycles. The fourth-order valence-corrected chi connectivity index (χ4v) is 5.25. The van der Waals surface area contributed by atoms with Gasteiger partial charge in [0.1, 0.15) is 12.6 Å². The molecule has 2 atom stereocenters. The number of carbonyl (C=O) groups is 2. The zero-order chi connectivity index (χ0) is 29.4. The van der Waals surface area contributed by atoms with Gasteiger partial charge in [-0.1, -0.05) is 41.9 Å². The van der Waals surface area contributed by atoms with Crippen molar-refractivity contribution >= 4 is 29.4 Å². The molecule has 1 aliphatic heterocycles. The van der Waals surface area contributed by atoms with Crippen LogP contribution in [0.25, 0.3) is 5.65 Å². The van der Waals surface area contributed by atoms with Crippen molar-refractivity contribution in [3.63, 3.8) is 0 Å². The molecule has 2 fully saturated rings. The highest BCUT2D eigenvalue weighted by molar-refractivity contribution is 6.30. The Bertz CT molecular complexity index is 1410. The predicted molar refractivity (Wildman–Crippen MR) is 136 cm³/mol. The average Bonchev–Trinajstić information content (AvgIpc) is 3.50. The molecular formula is C26H26ClF5N6O3. The maximum absolute atomic E-state index is 13.9. The molecule has 15 heteroatoms. The minimum Gasteiger partial charge on any atom is -0.445 e. The molecule has 41 heavy (non-hydrogen) atoms. The number of nitrogens with zero attached hydrogens (tertiary/aromatic N) is 4. The number of imidazole rings is 1. The number of urea groups is 1. The zero-order valence-electron chi connectivity index (χ0n) is 21.5. The van der Waals surface area contributed by atoms with Crippen LogP contribution in [0.1, 0.15) is 48.5 Å². The Morgan fingerprint density at radius 3 is 2.59 bits per heavy atom. The number of alkyl halides is 5. The Morgan fingerprint density at radius 2 is 1.93 bits per heavy atom. The SMILES string of the molecule is O=C(N[C@H](c1cn2nc(Cl)c(CN3C[C@@H](C(F)(F)F)NC3=O)cc2n1)C1CCC(F)(F)CC1)OCc1ccccc1. The van der Waals surface area contributed by atoms with Gasteiger partial charge in [0.05, 0.1) is 31.0 Å². The van der Waals surface area contributed by atoms with Crippen LogP contribution in [0, 0.1) is 5.92 Å². The van der Waals surface area contributed by atoms with Crippen molar-refractivity contribution in [3.8, 4) is 0 Å². The molecule has 2 N–H and O–H groups in total. The van der Waals surface area contributed by atoms with Crippen LogP contribution in [-0.4, -0.2) is 56.3 Å². The maximum Gasteiger partial charge on any atom is 0.410 e. The second-order valence-corrected chi connectivity index (χ2v) is 10.6. The Balaban J connectivity index is 1.36. The number of ether oxygens (including phenoxy) is 1. The van der Waals surface area contributed by atoms with Crippen molar-refractivity contribution in [1.82, 2.24) is 30.1 Å². The summed E-state index contributed by atoms with van der Waals surface area (Å²) in [6.07, 6.45) is -4.26.